The van der Waals surface area contributed by atoms with Gasteiger partial charge >= 0.3 is 5.97 Å². The minimum atomic E-state index is -1.28. The lowest BCUT2D eigenvalue weighted by Crippen LogP contribution is -2.44. The van der Waals surface area contributed by atoms with Gasteiger partial charge in [-0.15, -0.1) is 0 Å². The number of carboxylic acids is 1. The molecule has 0 aromatic heterocycles. The Morgan fingerprint density at radius 1 is 1.19 bits per heavy atom. The predicted molar refractivity (Wildman–Crippen MR) is 95.4 cm³/mol. The Morgan fingerprint density at radius 3 is 2.44 bits per heavy atom. The lowest BCUT2D eigenvalue weighted by Gasteiger charge is -2.20. The van der Waals surface area contributed by atoms with Gasteiger partial charge in [-0.1, -0.05) is 18.2 Å². The van der Waals surface area contributed by atoms with E-state index in [0.717, 1.165) is 5.56 Å². The summed E-state index contributed by atoms with van der Waals surface area (Å²) < 4.78 is 23.7. The highest BCUT2D eigenvalue weighted by molar-refractivity contribution is 5.92. The third-order valence-electron chi connectivity index (χ3n) is 4.62. The smallest absolute Gasteiger partial charge is 0.346 e. The summed E-state index contributed by atoms with van der Waals surface area (Å²) in [4.78, 5) is 24.2. The molecule has 1 aliphatic rings. The summed E-state index contributed by atoms with van der Waals surface area (Å²) in [5.74, 6) is -1.09. The van der Waals surface area contributed by atoms with E-state index in [0.29, 0.717) is 18.6 Å². The molecule has 2 aromatic carbocycles. The summed E-state index contributed by atoms with van der Waals surface area (Å²) >= 11 is 0. The maximum Gasteiger partial charge on any atom is 0.346 e. The van der Waals surface area contributed by atoms with Crippen LogP contribution in [0.3, 0.4) is 0 Å². The van der Waals surface area contributed by atoms with Crippen molar-refractivity contribution in [1.29, 1.82) is 0 Å². The molecule has 1 aliphatic carbocycles. The molecular weight excluding hydrogens is 353 g/mol. The van der Waals surface area contributed by atoms with Crippen LogP contribution in [-0.4, -0.2) is 36.7 Å². The van der Waals surface area contributed by atoms with Crippen molar-refractivity contribution in [2.45, 2.75) is 24.4 Å². The first-order valence-corrected chi connectivity index (χ1v) is 8.53. The van der Waals surface area contributed by atoms with Gasteiger partial charge in [-0.05, 0) is 43.2 Å². The van der Waals surface area contributed by atoms with E-state index in [1.807, 2.05) is 18.2 Å². The Labute approximate surface area is 155 Å². The molecule has 6 nitrogen and oxygen atoms in total. The van der Waals surface area contributed by atoms with E-state index >= 15 is 0 Å². The highest BCUT2D eigenvalue weighted by Crippen LogP contribution is 2.51. The number of rotatable bonds is 8. The van der Waals surface area contributed by atoms with Crippen molar-refractivity contribution < 1.29 is 28.6 Å². The summed E-state index contributed by atoms with van der Waals surface area (Å²) in [6, 6.07) is 12.3. The van der Waals surface area contributed by atoms with Crippen molar-refractivity contribution in [2.24, 2.45) is 0 Å². The standard InChI is InChI=1S/C20H20FNO5/c1-26-16-5-3-2-4-15(16)20(10-11-20)19(25)22-12-17(18(23)24)27-14-8-6-13(21)7-9-14/h2-9,17H,10-12H2,1H3,(H,22,25)(H,23,24). The van der Waals surface area contributed by atoms with E-state index in [1.54, 1.807) is 13.2 Å². The fourth-order valence-electron chi connectivity index (χ4n) is 3.00. The maximum atomic E-state index is 13.0. The first-order chi connectivity index (χ1) is 13.0. The van der Waals surface area contributed by atoms with Crippen molar-refractivity contribution in [2.75, 3.05) is 13.7 Å². The zero-order valence-corrected chi connectivity index (χ0v) is 14.8. The second kappa shape index (κ2) is 7.65. The molecule has 1 amide bonds. The lowest BCUT2D eigenvalue weighted by molar-refractivity contribution is -0.145. The van der Waals surface area contributed by atoms with Gasteiger partial charge in [-0.3, -0.25) is 4.79 Å². The van der Waals surface area contributed by atoms with Gasteiger partial charge in [-0.25, -0.2) is 9.18 Å². The Morgan fingerprint density at radius 2 is 1.85 bits per heavy atom. The van der Waals surface area contributed by atoms with Gasteiger partial charge in [0, 0.05) is 5.56 Å². The third-order valence-corrected chi connectivity index (χ3v) is 4.62. The summed E-state index contributed by atoms with van der Waals surface area (Å²) in [6.45, 7) is -0.206. The number of benzene rings is 2. The van der Waals surface area contributed by atoms with Gasteiger partial charge in [0.2, 0.25) is 12.0 Å². The van der Waals surface area contributed by atoms with Crippen LogP contribution in [0.4, 0.5) is 4.39 Å². The average molecular weight is 373 g/mol. The van der Waals surface area contributed by atoms with E-state index in [-0.39, 0.29) is 18.2 Å². The van der Waals surface area contributed by atoms with Crippen LogP contribution in [-0.2, 0) is 15.0 Å². The SMILES string of the molecule is COc1ccccc1C1(C(=O)NCC(Oc2ccc(F)cc2)C(=O)O)CC1. The molecule has 0 heterocycles. The van der Waals surface area contributed by atoms with E-state index in [9.17, 15) is 19.1 Å². The van der Waals surface area contributed by atoms with Gasteiger partial charge < -0.3 is 19.9 Å². The predicted octanol–water partition coefficient (Wildman–Crippen LogP) is 2.51. The van der Waals surface area contributed by atoms with E-state index in [1.165, 1.54) is 24.3 Å². The number of methoxy groups -OCH3 is 1. The normalized spacial score (nSPS) is 15.5. The molecule has 3 rings (SSSR count). The van der Waals surface area contributed by atoms with Crippen LogP contribution in [0.2, 0.25) is 0 Å². The molecule has 0 radical (unpaired) electrons. The number of hydrogen-bond acceptors (Lipinski definition) is 4. The molecule has 1 fully saturated rings. The first-order valence-electron chi connectivity index (χ1n) is 8.53. The van der Waals surface area contributed by atoms with Gasteiger partial charge in [-0.2, -0.15) is 0 Å². The second-order valence-electron chi connectivity index (χ2n) is 6.39. The second-order valence-corrected chi connectivity index (χ2v) is 6.39. The topological polar surface area (TPSA) is 84.9 Å². The number of carboxylic acid groups (broad SMARTS) is 1. The molecule has 0 saturated heterocycles. The van der Waals surface area contributed by atoms with Crippen LogP contribution in [0.5, 0.6) is 11.5 Å². The summed E-state index contributed by atoms with van der Waals surface area (Å²) in [6.07, 6.45) is 0.0406. The molecule has 1 saturated carbocycles. The van der Waals surface area contributed by atoms with E-state index in [2.05, 4.69) is 5.32 Å². The molecule has 1 unspecified atom stereocenters. The molecule has 2 N–H and O–H groups in total. The van der Waals surface area contributed by atoms with Crippen LogP contribution in [0, 0.1) is 5.82 Å². The number of amides is 1. The van der Waals surface area contributed by atoms with Crippen LogP contribution in [0.1, 0.15) is 18.4 Å². The van der Waals surface area contributed by atoms with Crippen molar-refractivity contribution in [3.8, 4) is 11.5 Å². The number of halogens is 1. The maximum absolute atomic E-state index is 13.0. The zero-order valence-electron chi connectivity index (χ0n) is 14.8. The molecule has 27 heavy (non-hydrogen) atoms. The Balaban J connectivity index is 1.67. The van der Waals surface area contributed by atoms with Crippen LogP contribution in [0.25, 0.3) is 0 Å². The molecule has 1 atom stereocenters. The van der Waals surface area contributed by atoms with Crippen LogP contribution >= 0.6 is 0 Å². The number of ether oxygens (including phenoxy) is 2. The number of nitrogens with one attached hydrogen (secondary N) is 1. The Kier molecular flexibility index (Phi) is 5.30. The molecule has 0 bridgehead atoms. The monoisotopic (exact) mass is 373 g/mol. The Bertz CT molecular complexity index is 833. The van der Waals surface area contributed by atoms with Gasteiger partial charge in [0.25, 0.3) is 0 Å². The fraction of sp³-hybridized carbons (Fsp3) is 0.300. The van der Waals surface area contributed by atoms with Crippen molar-refractivity contribution in [3.05, 3.63) is 59.9 Å². The molecular formula is C20H20FNO5. The quantitative estimate of drug-likeness (QED) is 0.743. The molecule has 0 aliphatic heterocycles. The van der Waals surface area contributed by atoms with Crippen molar-refractivity contribution >= 4 is 11.9 Å². The number of carbonyl (C=O) groups is 2. The highest BCUT2D eigenvalue weighted by Gasteiger charge is 2.52. The zero-order chi connectivity index (χ0) is 19.4. The highest BCUT2D eigenvalue weighted by atomic mass is 19.1. The lowest BCUT2D eigenvalue weighted by atomic mass is 9.94. The number of aliphatic carboxylic acids is 1. The van der Waals surface area contributed by atoms with Gasteiger partial charge in [0.1, 0.15) is 17.3 Å². The molecule has 142 valence electrons. The molecule has 2 aromatic rings. The van der Waals surface area contributed by atoms with Crippen LogP contribution in [0.15, 0.2) is 48.5 Å². The van der Waals surface area contributed by atoms with Crippen molar-refractivity contribution in [3.63, 3.8) is 0 Å². The minimum Gasteiger partial charge on any atom is -0.496 e. The third kappa shape index (κ3) is 4.02. The molecule has 0 spiro atoms. The van der Waals surface area contributed by atoms with Crippen molar-refractivity contribution in [1.82, 2.24) is 5.32 Å². The minimum absolute atomic E-state index is 0.206. The van der Waals surface area contributed by atoms with Crippen LogP contribution < -0.4 is 14.8 Å². The number of para-hydroxylation sites is 1. The average Bonchev–Trinajstić information content (AvgIpc) is 3.48. The van der Waals surface area contributed by atoms with E-state index in [4.69, 9.17) is 9.47 Å². The van der Waals surface area contributed by atoms with Gasteiger partial charge in [0.15, 0.2) is 0 Å². The summed E-state index contributed by atoms with van der Waals surface area (Å²) in [7, 11) is 1.55. The van der Waals surface area contributed by atoms with Gasteiger partial charge in [0.05, 0.1) is 19.1 Å². The number of hydrogen-bond donors (Lipinski definition) is 2. The summed E-state index contributed by atoms with van der Waals surface area (Å²) in [5.41, 5.74) is 0.0854. The van der Waals surface area contributed by atoms with E-state index < -0.39 is 23.3 Å². The largest absolute Gasteiger partial charge is 0.496 e. The number of carbonyl (C=O) groups excluding carboxylic acids is 1. The first kappa shape index (κ1) is 18.7. The Hall–Kier alpha value is -3.09. The fourth-order valence-corrected chi connectivity index (χ4v) is 3.00. The summed E-state index contributed by atoms with van der Waals surface area (Å²) in [5, 5.41) is 12.0. The molecule has 7 heteroatoms.